The van der Waals surface area contributed by atoms with Gasteiger partial charge in [-0.25, -0.2) is 4.98 Å². The van der Waals surface area contributed by atoms with Gasteiger partial charge in [0, 0.05) is 17.1 Å². The van der Waals surface area contributed by atoms with E-state index in [1.54, 1.807) is 18.3 Å². The van der Waals surface area contributed by atoms with Crippen molar-refractivity contribution in [3.05, 3.63) is 22.8 Å². The number of halogens is 1. The molecule has 0 bridgehead atoms. The molecule has 17 heavy (non-hydrogen) atoms. The summed E-state index contributed by atoms with van der Waals surface area (Å²) in [5, 5.41) is 11.0. The van der Waals surface area contributed by atoms with Gasteiger partial charge in [0.1, 0.15) is 5.82 Å². The average Bonchev–Trinajstić information content (AvgIpc) is 2.28. The molecule has 0 aliphatic rings. The number of carboxylic acid groups (broad SMARTS) is 1. The Morgan fingerprint density at radius 1 is 1.53 bits per heavy atom. The lowest BCUT2D eigenvalue weighted by molar-refractivity contribution is -0.137. The van der Waals surface area contributed by atoms with Crippen molar-refractivity contribution in [1.82, 2.24) is 4.98 Å². The molecule has 1 heterocycles. The Labute approximate surface area is 106 Å². The summed E-state index contributed by atoms with van der Waals surface area (Å²) < 4.78 is 0.797. The van der Waals surface area contributed by atoms with Gasteiger partial charge in [-0.3, -0.25) is 9.59 Å². The number of aromatic nitrogens is 1. The van der Waals surface area contributed by atoms with Crippen LogP contribution >= 0.6 is 15.9 Å². The molecule has 0 spiro atoms. The number of nitrogens with one attached hydrogen (secondary N) is 1. The smallest absolute Gasteiger partial charge is 0.303 e. The maximum Gasteiger partial charge on any atom is 0.303 e. The number of carbonyl (C=O) groups is 2. The zero-order valence-corrected chi connectivity index (χ0v) is 10.5. The van der Waals surface area contributed by atoms with Crippen molar-refractivity contribution >= 4 is 33.6 Å². The molecule has 7 heteroatoms. The Morgan fingerprint density at radius 2 is 2.24 bits per heavy atom. The number of carboxylic acids is 1. The fourth-order valence-electron chi connectivity index (χ4n) is 1.08. The van der Waals surface area contributed by atoms with E-state index in [4.69, 9.17) is 10.8 Å². The lowest BCUT2D eigenvalue weighted by Gasteiger charge is -2.10. The predicted molar refractivity (Wildman–Crippen MR) is 65.4 cm³/mol. The van der Waals surface area contributed by atoms with E-state index in [0.717, 1.165) is 4.47 Å². The van der Waals surface area contributed by atoms with Crippen LogP contribution in [0.5, 0.6) is 0 Å². The van der Waals surface area contributed by atoms with Crippen LogP contribution in [-0.4, -0.2) is 28.0 Å². The third-order valence-electron chi connectivity index (χ3n) is 1.98. The molecule has 0 aromatic carbocycles. The molecule has 0 fully saturated rings. The number of carbonyl (C=O) groups excluding carboxylic acids is 1. The van der Waals surface area contributed by atoms with E-state index in [2.05, 4.69) is 26.2 Å². The normalized spacial score (nSPS) is 11.9. The van der Waals surface area contributed by atoms with Crippen molar-refractivity contribution in [3.63, 3.8) is 0 Å². The SMILES string of the molecule is NC(CCC(=O)O)C(=O)Nc1ccc(Br)cn1. The maximum absolute atomic E-state index is 11.5. The van der Waals surface area contributed by atoms with E-state index in [9.17, 15) is 9.59 Å². The van der Waals surface area contributed by atoms with Crippen LogP contribution in [-0.2, 0) is 9.59 Å². The first-order valence-corrected chi connectivity index (χ1v) is 5.68. The van der Waals surface area contributed by atoms with E-state index in [1.165, 1.54) is 0 Å². The number of nitrogens with zero attached hydrogens (tertiary/aromatic N) is 1. The lowest BCUT2D eigenvalue weighted by Crippen LogP contribution is -2.36. The van der Waals surface area contributed by atoms with E-state index >= 15 is 0 Å². The van der Waals surface area contributed by atoms with Crippen molar-refractivity contribution in [3.8, 4) is 0 Å². The fourth-order valence-corrected chi connectivity index (χ4v) is 1.31. The number of pyridine rings is 1. The first kappa shape index (κ1) is 13.6. The molecule has 1 aromatic rings. The van der Waals surface area contributed by atoms with E-state index < -0.39 is 17.9 Å². The molecule has 0 saturated carbocycles. The van der Waals surface area contributed by atoms with Crippen molar-refractivity contribution in [2.24, 2.45) is 5.73 Å². The van der Waals surface area contributed by atoms with Crippen LogP contribution in [0.1, 0.15) is 12.8 Å². The average molecular weight is 302 g/mol. The molecule has 4 N–H and O–H groups in total. The van der Waals surface area contributed by atoms with Crippen molar-refractivity contribution in [2.75, 3.05) is 5.32 Å². The number of hydrogen-bond donors (Lipinski definition) is 3. The summed E-state index contributed by atoms with van der Waals surface area (Å²) in [6.45, 7) is 0. The minimum Gasteiger partial charge on any atom is -0.481 e. The van der Waals surface area contributed by atoms with Gasteiger partial charge in [-0.05, 0) is 34.5 Å². The molecule has 0 aliphatic carbocycles. The summed E-state index contributed by atoms with van der Waals surface area (Å²) in [6.07, 6.45) is 1.50. The standard InChI is InChI=1S/C10H12BrN3O3/c11-6-1-3-8(13-5-6)14-10(17)7(12)2-4-9(15)16/h1,3,5,7H,2,4,12H2,(H,15,16)(H,13,14,17). The molecule has 1 unspecified atom stereocenters. The van der Waals surface area contributed by atoms with E-state index in [-0.39, 0.29) is 12.8 Å². The van der Waals surface area contributed by atoms with Crippen LogP contribution in [0, 0.1) is 0 Å². The molecule has 0 radical (unpaired) electrons. The van der Waals surface area contributed by atoms with Crippen LogP contribution in [0.3, 0.4) is 0 Å². The van der Waals surface area contributed by atoms with Gasteiger partial charge in [0.05, 0.1) is 6.04 Å². The van der Waals surface area contributed by atoms with Gasteiger partial charge in [0.25, 0.3) is 0 Å². The van der Waals surface area contributed by atoms with E-state index in [1.807, 2.05) is 0 Å². The minimum atomic E-state index is -0.977. The van der Waals surface area contributed by atoms with Crippen LogP contribution in [0.15, 0.2) is 22.8 Å². The number of nitrogens with two attached hydrogens (primary N) is 1. The summed E-state index contributed by atoms with van der Waals surface area (Å²) in [5.41, 5.74) is 5.53. The van der Waals surface area contributed by atoms with Gasteiger partial charge < -0.3 is 16.2 Å². The molecule has 0 saturated heterocycles. The maximum atomic E-state index is 11.5. The fraction of sp³-hybridized carbons (Fsp3) is 0.300. The van der Waals surface area contributed by atoms with Gasteiger partial charge in [-0.15, -0.1) is 0 Å². The second kappa shape index (κ2) is 6.31. The monoisotopic (exact) mass is 301 g/mol. The summed E-state index contributed by atoms with van der Waals surface area (Å²) in [5.74, 6) is -1.04. The largest absolute Gasteiger partial charge is 0.481 e. The van der Waals surface area contributed by atoms with Crippen molar-refractivity contribution in [1.29, 1.82) is 0 Å². The number of hydrogen-bond acceptors (Lipinski definition) is 4. The first-order valence-electron chi connectivity index (χ1n) is 4.89. The molecule has 0 aliphatic heterocycles. The molecule has 1 aromatic heterocycles. The van der Waals surface area contributed by atoms with Gasteiger partial charge in [0.2, 0.25) is 5.91 Å². The lowest BCUT2D eigenvalue weighted by atomic mass is 10.1. The van der Waals surface area contributed by atoms with E-state index in [0.29, 0.717) is 5.82 Å². The zero-order valence-electron chi connectivity index (χ0n) is 8.89. The molecule has 92 valence electrons. The Kier molecular flexibility index (Phi) is 5.05. The second-order valence-electron chi connectivity index (χ2n) is 3.39. The number of anilines is 1. The first-order chi connectivity index (χ1) is 7.99. The summed E-state index contributed by atoms with van der Waals surface area (Å²) in [6, 6.07) is 2.49. The molecule has 1 rings (SSSR count). The van der Waals surface area contributed by atoms with Crippen molar-refractivity contribution in [2.45, 2.75) is 18.9 Å². The van der Waals surface area contributed by atoms with Crippen LogP contribution in [0.25, 0.3) is 0 Å². The Morgan fingerprint density at radius 3 is 2.76 bits per heavy atom. The highest BCUT2D eigenvalue weighted by Crippen LogP contribution is 2.10. The molecule has 6 nitrogen and oxygen atoms in total. The number of rotatable bonds is 5. The minimum absolute atomic E-state index is 0.0949. The second-order valence-corrected chi connectivity index (χ2v) is 4.31. The predicted octanol–water partition coefficient (Wildman–Crippen LogP) is 0.975. The number of amides is 1. The van der Waals surface area contributed by atoms with Gasteiger partial charge >= 0.3 is 5.97 Å². The highest BCUT2D eigenvalue weighted by molar-refractivity contribution is 9.10. The van der Waals surface area contributed by atoms with Crippen LogP contribution < -0.4 is 11.1 Å². The summed E-state index contributed by atoms with van der Waals surface area (Å²) in [7, 11) is 0. The molecular formula is C10H12BrN3O3. The zero-order chi connectivity index (χ0) is 12.8. The van der Waals surface area contributed by atoms with Gasteiger partial charge in [-0.2, -0.15) is 0 Å². The molecule has 1 atom stereocenters. The highest BCUT2D eigenvalue weighted by Gasteiger charge is 2.15. The Hall–Kier alpha value is -1.47. The van der Waals surface area contributed by atoms with Crippen LogP contribution in [0.4, 0.5) is 5.82 Å². The topological polar surface area (TPSA) is 105 Å². The van der Waals surface area contributed by atoms with Gasteiger partial charge in [0.15, 0.2) is 0 Å². The van der Waals surface area contributed by atoms with Crippen LogP contribution in [0.2, 0.25) is 0 Å². The Balaban J connectivity index is 2.48. The highest BCUT2D eigenvalue weighted by atomic mass is 79.9. The third kappa shape index (κ3) is 4.92. The number of aliphatic carboxylic acids is 1. The van der Waals surface area contributed by atoms with Gasteiger partial charge in [-0.1, -0.05) is 0 Å². The molecular weight excluding hydrogens is 290 g/mol. The summed E-state index contributed by atoms with van der Waals surface area (Å²) >= 11 is 3.22. The van der Waals surface area contributed by atoms with Crippen molar-refractivity contribution < 1.29 is 14.7 Å². The third-order valence-corrected chi connectivity index (χ3v) is 2.45. The summed E-state index contributed by atoms with van der Waals surface area (Å²) in [4.78, 5) is 25.8. The quantitative estimate of drug-likeness (QED) is 0.751. The molecule has 1 amide bonds. The Bertz CT molecular complexity index is 408.